The van der Waals surface area contributed by atoms with E-state index in [0.717, 1.165) is 16.7 Å². The van der Waals surface area contributed by atoms with Crippen molar-refractivity contribution in [3.63, 3.8) is 0 Å². The van der Waals surface area contributed by atoms with Gasteiger partial charge in [0.25, 0.3) is 11.8 Å². The van der Waals surface area contributed by atoms with Gasteiger partial charge in [0.15, 0.2) is 11.5 Å². The number of nitrogens with one attached hydrogen (secondary N) is 1. The monoisotopic (exact) mass is 450 g/mol. The van der Waals surface area contributed by atoms with Gasteiger partial charge in [0.2, 0.25) is 0 Å². The number of nitrogens with zero attached hydrogens (tertiary/aromatic N) is 1. The Labute approximate surface area is 194 Å². The first-order valence-corrected chi connectivity index (χ1v) is 11.3. The molecule has 2 heterocycles. The van der Waals surface area contributed by atoms with Crippen molar-refractivity contribution in [1.82, 2.24) is 4.90 Å². The van der Waals surface area contributed by atoms with Crippen LogP contribution in [0.4, 0.5) is 5.69 Å². The van der Waals surface area contributed by atoms with Crippen LogP contribution in [0.1, 0.15) is 37.0 Å². The number of amides is 2. The lowest BCUT2D eigenvalue weighted by Gasteiger charge is -2.19. The lowest BCUT2D eigenvalue weighted by Crippen LogP contribution is -2.34. The minimum atomic E-state index is -0.339. The number of ether oxygens (including phenoxy) is 3. The van der Waals surface area contributed by atoms with E-state index in [-0.39, 0.29) is 23.6 Å². The molecule has 4 rings (SSSR count). The first-order valence-electron chi connectivity index (χ1n) is 11.3. The summed E-state index contributed by atoms with van der Waals surface area (Å²) in [5.41, 5.74) is 4.10. The van der Waals surface area contributed by atoms with Crippen molar-refractivity contribution in [2.24, 2.45) is 0 Å². The van der Waals surface area contributed by atoms with Crippen molar-refractivity contribution in [1.29, 1.82) is 0 Å². The minimum absolute atomic E-state index is 0.103. The van der Waals surface area contributed by atoms with Crippen LogP contribution in [-0.2, 0) is 14.3 Å². The summed E-state index contributed by atoms with van der Waals surface area (Å²) >= 11 is 0. The van der Waals surface area contributed by atoms with Gasteiger partial charge >= 0.3 is 0 Å². The van der Waals surface area contributed by atoms with Gasteiger partial charge in [0, 0.05) is 24.9 Å². The van der Waals surface area contributed by atoms with Crippen molar-refractivity contribution in [2.45, 2.75) is 40.2 Å². The zero-order valence-corrected chi connectivity index (χ0v) is 19.6. The molecule has 0 aliphatic carbocycles. The Hall–Kier alpha value is -3.32. The molecule has 2 aliphatic heterocycles. The molecule has 2 aromatic rings. The number of hydrogen-bond acceptors (Lipinski definition) is 6. The number of carbonyl (C=O) groups excluding carboxylic acids is 2. The highest BCUT2D eigenvalue weighted by atomic mass is 16.6. The standard InChI is InChI=1S/C26H30N2O5/c1-16(2)31-11-5-10-28-25(29)23(20-8-6-17(3)14-18(20)4)24(26(28)30)27-19-7-9-21-22(15-19)33-13-12-32-21/h6-9,14-16,27H,5,10-13H2,1-4H3. The summed E-state index contributed by atoms with van der Waals surface area (Å²) in [6.07, 6.45) is 0.680. The van der Waals surface area contributed by atoms with E-state index < -0.39 is 0 Å². The van der Waals surface area contributed by atoms with Crippen molar-refractivity contribution in [3.05, 3.63) is 58.8 Å². The fourth-order valence-electron chi connectivity index (χ4n) is 4.05. The molecule has 2 aromatic carbocycles. The maximum atomic E-state index is 13.4. The number of carbonyl (C=O) groups is 2. The summed E-state index contributed by atoms with van der Waals surface area (Å²) in [6, 6.07) is 11.3. The summed E-state index contributed by atoms with van der Waals surface area (Å²) < 4.78 is 16.8. The van der Waals surface area contributed by atoms with Crippen LogP contribution in [0.2, 0.25) is 0 Å². The average molecular weight is 451 g/mol. The highest BCUT2D eigenvalue weighted by Crippen LogP contribution is 2.36. The molecule has 2 amide bonds. The van der Waals surface area contributed by atoms with E-state index in [4.69, 9.17) is 14.2 Å². The molecule has 0 saturated carbocycles. The summed E-state index contributed by atoms with van der Waals surface area (Å²) in [7, 11) is 0. The highest BCUT2D eigenvalue weighted by Gasteiger charge is 2.39. The van der Waals surface area contributed by atoms with E-state index in [1.807, 2.05) is 52.0 Å². The highest BCUT2D eigenvalue weighted by molar-refractivity contribution is 6.36. The lowest BCUT2D eigenvalue weighted by molar-refractivity contribution is -0.137. The smallest absolute Gasteiger partial charge is 0.278 e. The van der Waals surface area contributed by atoms with Crippen LogP contribution >= 0.6 is 0 Å². The normalized spacial score (nSPS) is 15.6. The quantitative estimate of drug-likeness (QED) is 0.482. The molecule has 2 aliphatic rings. The molecule has 0 spiro atoms. The number of rotatable bonds is 8. The number of imide groups is 1. The van der Waals surface area contributed by atoms with Crippen molar-refractivity contribution < 1.29 is 23.8 Å². The summed E-state index contributed by atoms with van der Waals surface area (Å²) in [6.45, 7) is 9.63. The molecular weight excluding hydrogens is 420 g/mol. The maximum Gasteiger partial charge on any atom is 0.278 e. The Bertz CT molecular complexity index is 1110. The summed E-state index contributed by atoms with van der Waals surface area (Å²) in [5.74, 6) is 0.640. The maximum absolute atomic E-state index is 13.4. The van der Waals surface area contributed by atoms with E-state index in [0.29, 0.717) is 55.5 Å². The molecule has 0 unspecified atom stereocenters. The van der Waals surface area contributed by atoms with Gasteiger partial charge in [-0.1, -0.05) is 23.8 Å². The topological polar surface area (TPSA) is 77.1 Å². The van der Waals surface area contributed by atoms with Gasteiger partial charge in [-0.05, 0) is 57.4 Å². The molecule has 0 atom stereocenters. The van der Waals surface area contributed by atoms with Crippen LogP contribution in [0, 0.1) is 13.8 Å². The van der Waals surface area contributed by atoms with E-state index in [9.17, 15) is 9.59 Å². The Morgan fingerprint density at radius 3 is 2.48 bits per heavy atom. The van der Waals surface area contributed by atoms with Gasteiger partial charge in [-0.25, -0.2) is 0 Å². The van der Waals surface area contributed by atoms with Crippen molar-refractivity contribution >= 4 is 23.1 Å². The van der Waals surface area contributed by atoms with E-state index in [1.165, 1.54) is 4.90 Å². The largest absolute Gasteiger partial charge is 0.486 e. The van der Waals surface area contributed by atoms with E-state index in [2.05, 4.69) is 5.32 Å². The average Bonchev–Trinajstić information content (AvgIpc) is 3.00. The molecular formula is C26H30N2O5. The molecule has 7 heteroatoms. The number of hydrogen-bond donors (Lipinski definition) is 1. The van der Waals surface area contributed by atoms with Crippen LogP contribution in [0.5, 0.6) is 11.5 Å². The number of benzene rings is 2. The Kier molecular flexibility index (Phi) is 6.70. The van der Waals surface area contributed by atoms with Gasteiger partial charge in [-0.15, -0.1) is 0 Å². The molecule has 0 bridgehead atoms. The van der Waals surface area contributed by atoms with Crippen LogP contribution in [0.3, 0.4) is 0 Å². The number of fused-ring (bicyclic) bond motifs is 1. The Morgan fingerprint density at radius 1 is 1.00 bits per heavy atom. The minimum Gasteiger partial charge on any atom is -0.486 e. The second-order valence-corrected chi connectivity index (χ2v) is 8.59. The zero-order valence-electron chi connectivity index (χ0n) is 19.6. The molecule has 174 valence electrons. The van der Waals surface area contributed by atoms with Gasteiger partial charge in [0.05, 0.1) is 11.7 Å². The zero-order chi connectivity index (χ0) is 23.5. The van der Waals surface area contributed by atoms with Crippen LogP contribution in [0.15, 0.2) is 42.1 Å². The van der Waals surface area contributed by atoms with Crippen molar-refractivity contribution in [2.75, 3.05) is 31.7 Å². The first-order chi connectivity index (χ1) is 15.8. The molecule has 7 nitrogen and oxygen atoms in total. The second kappa shape index (κ2) is 9.67. The van der Waals surface area contributed by atoms with E-state index >= 15 is 0 Å². The van der Waals surface area contributed by atoms with Crippen LogP contribution in [0.25, 0.3) is 5.57 Å². The summed E-state index contributed by atoms with van der Waals surface area (Å²) in [5, 5.41) is 3.20. The van der Waals surface area contributed by atoms with Crippen molar-refractivity contribution in [3.8, 4) is 11.5 Å². The lowest BCUT2D eigenvalue weighted by atomic mass is 9.97. The molecule has 0 radical (unpaired) electrons. The third kappa shape index (κ3) is 4.88. The SMILES string of the molecule is Cc1ccc(C2=C(Nc3ccc4c(c3)OCCO4)C(=O)N(CCCOC(C)C)C2=O)c(C)c1. The van der Waals surface area contributed by atoms with Gasteiger partial charge < -0.3 is 19.5 Å². The molecule has 0 fully saturated rings. The predicted molar refractivity (Wildman–Crippen MR) is 126 cm³/mol. The van der Waals surface area contributed by atoms with Crippen LogP contribution < -0.4 is 14.8 Å². The fraction of sp³-hybridized carbons (Fsp3) is 0.385. The molecule has 0 saturated heterocycles. The van der Waals surface area contributed by atoms with Crippen LogP contribution in [-0.4, -0.2) is 49.2 Å². The molecule has 1 N–H and O–H groups in total. The third-order valence-electron chi connectivity index (χ3n) is 5.61. The Balaban J connectivity index is 1.66. The molecule has 33 heavy (non-hydrogen) atoms. The summed E-state index contributed by atoms with van der Waals surface area (Å²) in [4.78, 5) is 28.1. The van der Waals surface area contributed by atoms with Gasteiger partial charge in [-0.3, -0.25) is 14.5 Å². The van der Waals surface area contributed by atoms with E-state index in [1.54, 1.807) is 12.1 Å². The third-order valence-corrected chi connectivity index (χ3v) is 5.61. The van der Waals surface area contributed by atoms with Gasteiger partial charge in [-0.2, -0.15) is 0 Å². The van der Waals surface area contributed by atoms with Gasteiger partial charge in [0.1, 0.15) is 18.9 Å². The second-order valence-electron chi connectivity index (χ2n) is 8.59. The number of anilines is 1. The Morgan fingerprint density at radius 2 is 1.76 bits per heavy atom. The fourth-order valence-corrected chi connectivity index (χ4v) is 4.05. The number of aryl methyl sites for hydroxylation is 2. The molecule has 0 aromatic heterocycles. The predicted octanol–water partition coefficient (Wildman–Crippen LogP) is 4.08. The first kappa shape index (κ1) is 22.9.